The third-order valence-electron chi connectivity index (χ3n) is 1.80. The highest BCUT2D eigenvalue weighted by Gasteiger charge is 2.06. The summed E-state index contributed by atoms with van der Waals surface area (Å²) in [7, 11) is 0. The maximum Gasteiger partial charge on any atom is 0.367 e. The Bertz CT molecular complexity index is 394. The maximum absolute atomic E-state index is 13.0. The summed E-state index contributed by atoms with van der Waals surface area (Å²) in [5.41, 5.74) is 0.940. The molecule has 0 saturated heterocycles. The second-order valence-corrected chi connectivity index (χ2v) is 3.00. The molecule has 0 amide bonds. The second kappa shape index (κ2) is 6.56. The molecular weight excluding hydrogens is 207 g/mol. The fourth-order valence-corrected chi connectivity index (χ4v) is 1.08. The first kappa shape index (κ1) is 12.2. The van der Waals surface area contributed by atoms with Gasteiger partial charge in [0.15, 0.2) is 0 Å². The zero-order chi connectivity index (χ0) is 11.8. The van der Waals surface area contributed by atoms with Crippen molar-refractivity contribution in [3.63, 3.8) is 0 Å². The van der Waals surface area contributed by atoms with Crippen LogP contribution in [0, 0.1) is 0 Å². The molecular formula is C13H13FO2. The standard InChI is InChI=1S/C13H13FO2/c1-2-16-13(15)12(14)10-6-9-11-7-4-3-5-8-11/h3-10H,2H2,1H3/b9-6+,12-10+. The highest BCUT2D eigenvalue weighted by molar-refractivity contribution is 5.86. The number of hydrogen-bond donors (Lipinski definition) is 0. The minimum Gasteiger partial charge on any atom is -0.461 e. The average Bonchev–Trinajstić information content (AvgIpc) is 2.30. The van der Waals surface area contributed by atoms with Crippen molar-refractivity contribution in [2.75, 3.05) is 6.61 Å². The number of halogens is 1. The zero-order valence-corrected chi connectivity index (χ0v) is 9.02. The largest absolute Gasteiger partial charge is 0.461 e. The van der Waals surface area contributed by atoms with Gasteiger partial charge < -0.3 is 4.74 Å². The van der Waals surface area contributed by atoms with Crippen LogP contribution in [-0.2, 0) is 9.53 Å². The number of rotatable bonds is 4. The van der Waals surface area contributed by atoms with Crippen LogP contribution in [0.3, 0.4) is 0 Å². The summed E-state index contributed by atoms with van der Waals surface area (Å²) in [6.45, 7) is 1.80. The molecule has 16 heavy (non-hydrogen) atoms. The number of carbonyl (C=O) groups is 1. The maximum atomic E-state index is 13.0. The molecule has 1 aromatic carbocycles. The average molecular weight is 220 g/mol. The van der Waals surface area contributed by atoms with Crippen LogP contribution in [0.5, 0.6) is 0 Å². The van der Waals surface area contributed by atoms with E-state index in [1.165, 1.54) is 6.08 Å². The quantitative estimate of drug-likeness (QED) is 0.442. The Hall–Kier alpha value is -1.90. The molecule has 3 heteroatoms. The Kier molecular flexibility index (Phi) is 4.99. The van der Waals surface area contributed by atoms with Crippen molar-refractivity contribution in [1.82, 2.24) is 0 Å². The molecule has 0 atom stereocenters. The molecule has 0 aliphatic carbocycles. The Balaban J connectivity index is 2.59. The molecule has 0 spiro atoms. The summed E-state index contributed by atoms with van der Waals surface area (Å²) in [5, 5.41) is 0. The lowest BCUT2D eigenvalue weighted by atomic mass is 10.2. The molecule has 2 nitrogen and oxygen atoms in total. The number of allylic oxidation sites excluding steroid dienone is 2. The van der Waals surface area contributed by atoms with Gasteiger partial charge >= 0.3 is 5.97 Å². The van der Waals surface area contributed by atoms with Gasteiger partial charge in [-0.2, -0.15) is 4.39 Å². The molecule has 1 rings (SSSR count). The molecule has 0 aliphatic heterocycles. The van der Waals surface area contributed by atoms with Crippen LogP contribution < -0.4 is 0 Å². The van der Waals surface area contributed by atoms with E-state index in [9.17, 15) is 9.18 Å². The Morgan fingerprint density at radius 2 is 2.06 bits per heavy atom. The Morgan fingerprint density at radius 1 is 1.38 bits per heavy atom. The number of hydrogen-bond acceptors (Lipinski definition) is 2. The van der Waals surface area contributed by atoms with Crippen LogP contribution in [0.2, 0.25) is 0 Å². The lowest BCUT2D eigenvalue weighted by Crippen LogP contribution is -2.03. The minimum absolute atomic E-state index is 0.169. The Labute approximate surface area is 94.0 Å². The monoisotopic (exact) mass is 220 g/mol. The van der Waals surface area contributed by atoms with Crippen LogP contribution >= 0.6 is 0 Å². The predicted octanol–water partition coefficient (Wildman–Crippen LogP) is 3.12. The van der Waals surface area contributed by atoms with Crippen molar-refractivity contribution in [2.24, 2.45) is 0 Å². The Morgan fingerprint density at radius 3 is 2.69 bits per heavy atom. The SMILES string of the molecule is CCOC(=O)/C(F)=C\C=C\c1ccccc1. The van der Waals surface area contributed by atoms with Gasteiger partial charge in [0.1, 0.15) is 0 Å². The molecule has 0 radical (unpaired) electrons. The summed E-state index contributed by atoms with van der Waals surface area (Å²) in [4.78, 5) is 10.9. The lowest BCUT2D eigenvalue weighted by molar-refractivity contribution is -0.140. The van der Waals surface area contributed by atoms with Crippen LogP contribution in [0.4, 0.5) is 4.39 Å². The van der Waals surface area contributed by atoms with Gasteiger partial charge in [-0.3, -0.25) is 0 Å². The zero-order valence-electron chi connectivity index (χ0n) is 9.02. The molecule has 0 bridgehead atoms. The molecule has 0 saturated carbocycles. The van der Waals surface area contributed by atoms with Gasteiger partial charge in [0.25, 0.3) is 0 Å². The van der Waals surface area contributed by atoms with E-state index in [-0.39, 0.29) is 6.61 Å². The summed E-state index contributed by atoms with van der Waals surface area (Å²) in [6, 6.07) is 9.42. The number of carbonyl (C=O) groups excluding carboxylic acids is 1. The van der Waals surface area contributed by atoms with Crippen molar-refractivity contribution in [3.05, 3.63) is 53.9 Å². The normalized spacial score (nSPS) is 11.8. The van der Waals surface area contributed by atoms with Crippen LogP contribution in [0.1, 0.15) is 12.5 Å². The number of esters is 1. The van der Waals surface area contributed by atoms with E-state index in [0.29, 0.717) is 0 Å². The predicted molar refractivity (Wildman–Crippen MR) is 61.3 cm³/mol. The van der Waals surface area contributed by atoms with Crippen molar-refractivity contribution in [1.29, 1.82) is 0 Å². The van der Waals surface area contributed by atoms with Gasteiger partial charge in [0.2, 0.25) is 5.83 Å². The molecule has 0 fully saturated rings. The van der Waals surface area contributed by atoms with Crippen LogP contribution in [0.25, 0.3) is 6.08 Å². The minimum atomic E-state index is -0.930. The number of ether oxygens (including phenoxy) is 1. The van der Waals surface area contributed by atoms with E-state index in [0.717, 1.165) is 11.6 Å². The van der Waals surface area contributed by atoms with E-state index in [1.54, 1.807) is 13.0 Å². The van der Waals surface area contributed by atoms with Crippen molar-refractivity contribution in [3.8, 4) is 0 Å². The first-order valence-corrected chi connectivity index (χ1v) is 5.00. The van der Waals surface area contributed by atoms with E-state index in [1.807, 2.05) is 30.3 Å². The van der Waals surface area contributed by atoms with Crippen molar-refractivity contribution in [2.45, 2.75) is 6.92 Å². The summed E-state index contributed by atoms with van der Waals surface area (Å²) >= 11 is 0. The lowest BCUT2D eigenvalue weighted by Gasteiger charge is -1.96. The second-order valence-electron chi connectivity index (χ2n) is 3.00. The fraction of sp³-hybridized carbons (Fsp3) is 0.154. The van der Waals surface area contributed by atoms with Gasteiger partial charge in [-0.25, -0.2) is 4.79 Å². The molecule has 84 valence electrons. The van der Waals surface area contributed by atoms with Crippen molar-refractivity contribution < 1.29 is 13.9 Å². The van der Waals surface area contributed by atoms with Gasteiger partial charge in [-0.15, -0.1) is 0 Å². The van der Waals surface area contributed by atoms with Crippen LogP contribution in [-0.4, -0.2) is 12.6 Å². The summed E-state index contributed by atoms with van der Waals surface area (Å²) in [5.74, 6) is -1.82. The number of benzene rings is 1. The third kappa shape index (κ3) is 4.09. The molecule has 0 heterocycles. The first-order valence-electron chi connectivity index (χ1n) is 5.00. The summed E-state index contributed by atoms with van der Waals surface area (Å²) in [6.07, 6.45) is 4.27. The summed E-state index contributed by atoms with van der Waals surface area (Å²) < 4.78 is 17.5. The molecule has 0 N–H and O–H groups in total. The van der Waals surface area contributed by atoms with Gasteiger partial charge in [-0.05, 0) is 18.6 Å². The molecule has 0 aliphatic rings. The first-order chi connectivity index (χ1) is 7.74. The van der Waals surface area contributed by atoms with Crippen molar-refractivity contribution >= 4 is 12.0 Å². The van der Waals surface area contributed by atoms with Gasteiger partial charge in [0.05, 0.1) is 6.61 Å². The molecule has 0 unspecified atom stereocenters. The highest BCUT2D eigenvalue weighted by atomic mass is 19.1. The van der Waals surface area contributed by atoms with Crippen LogP contribution in [0.15, 0.2) is 48.3 Å². The van der Waals surface area contributed by atoms with E-state index >= 15 is 0 Å². The topological polar surface area (TPSA) is 26.3 Å². The van der Waals surface area contributed by atoms with E-state index < -0.39 is 11.8 Å². The van der Waals surface area contributed by atoms with Gasteiger partial charge in [-0.1, -0.05) is 42.5 Å². The molecule has 0 aromatic heterocycles. The molecule has 1 aromatic rings. The van der Waals surface area contributed by atoms with E-state index in [4.69, 9.17) is 0 Å². The fourth-order valence-electron chi connectivity index (χ4n) is 1.08. The third-order valence-corrected chi connectivity index (χ3v) is 1.80. The smallest absolute Gasteiger partial charge is 0.367 e. The highest BCUT2D eigenvalue weighted by Crippen LogP contribution is 2.04. The van der Waals surface area contributed by atoms with E-state index in [2.05, 4.69) is 4.74 Å². The van der Waals surface area contributed by atoms with Gasteiger partial charge in [0, 0.05) is 0 Å².